The van der Waals surface area contributed by atoms with Crippen LogP contribution in [0.1, 0.15) is 104 Å². The van der Waals surface area contributed by atoms with Crippen LogP contribution in [-0.2, 0) is 5.41 Å². The van der Waals surface area contributed by atoms with Crippen LogP contribution in [0.2, 0.25) is 0 Å². The number of para-hydroxylation sites is 2. The molecule has 0 aliphatic rings. The molecule has 0 saturated heterocycles. The van der Waals surface area contributed by atoms with Gasteiger partial charge in [-0.15, -0.1) is 0 Å². The molecule has 582 valence electrons. The van der Waals surface area contributed by atoms with Gasteiger partial charge in [0.05, 0.1) is 0 Å². The first-order chi connectivity index (χ1) is 55.9. The van der Waals surface area contributed by atoms with E-state index < -0.39 is 0 Å². The Bertz CT molecular complexity index is 5670. The topological polar surface area (TPSA) is 6.48 Å². The third kappa shape index (κ3) is 25.8. The second-order valence-corrected chi connectivity index (χ2v) is 31.7. The van der Waals surface area contributed by atoms with Gasteiger partial charge < -0.3 is 9.80 Å². The van der Waals surface area contributed by atoms with Crippen LogP contribution < -0.4 is 9.80 Å². The summed E-state index contributed by atoms with van der Waals surface area (Å²) < 4.78 is 0. The van der Waals surface area contributed by atoms with Crippen molar-refractivity contribution in [2.24, 2.45) is 0 Å². The van der Waals surface area contributed by atoms with E-state index in [0.29, 0.717) is 0 Å². The number of fused-ring (bicyclic) bond motifs is 2. The van der Waals surface area contributed by atoms with Gasteiger partial charge in [-0.25, -0.2) is 0 Å². The SMILES string of the molecule is Cc1cc(C)cc(C)c1.Cc1cc2ccc3cccc4ccc(c1)c2c34.Cc1ccc(C(C)(C)C)cc1.Cc1ccc(C)cc1.Cc1ccc(N(c2ccc(C)cc2)c2ccc(C)cc2)cc1.Cc1ccc(N(c2ccccc2)c2ccccc2)cc1.Cc1ccc2ccccc2c1.Cc1cccc2ccccc12.Cc1ccccc1. The summed E-state index contributed by atoms with van der Waals surface area (Å²) in [6, 6.07) is 139. The summed E-state index contributed by atoms with van der Waals surface area (Å²) in [5.41, 5.74) is 27.2. The molecule has 0 saturated carbocycles. The van der Waals surface area contributed by atoms with Gasteiger partial charge in [-0.3, -0.25) is 0 Å². The van der Waals surface area contributed by atoms with Gasteiger partial charge in [0, 0.05) is 34.1 Å². The minimum Gasteiger partial charge on any atom is -0.311 e. The molecule has 0 fully saturated rings. The molecule has 0 unspecified atom stereocenters. The summed E-state index contributed by atoms with van der Waals surface area (Å²) in [5.74, 6) is 0. The van der Waals surface area contributed by atoms with E-state index in [1.165, 1.54) is 171 Å². The monoisotopic (exact) mass is 1510 g/mol. The number of aryl methyl sites for hydroxylation is 14. The summed E-state index contributed by atoms with van der Waals surface area (Å²) in [6.07, 6.45) is 0. The Labute approximate surface area is 694 Å². The zero-order chi connectivity index (χ0) is 82.5. The fourth-order valence-electron chi connectivity index (χ4n) is 13.9. The standard InChI is InChI=1S/C21H21N.C19H17N.C17H12.2C11H10.C11H16.C9H12.C8H10.C7H8/c1-16-4-10-19(11-5-16)22(20-12-6-17(2)7-13-20)21-14-8-18(3)9-15-21;1-16-12-14-19(15-13-16)20(17-8-4-2-5-9-17)18-10-6-3-7-11-18;1-11-9-14-7-5-12-3-2-4-13-6-8-15(10-11)17(14)16(12)13;1-9-5-4-7-10-6-2-3-8-11(9)10;1-9-6-7-10-4-2-3-5-11(10)8-9;1-9-5-7-10(8-6-9)11(2,3)4;1-7-4-8(2)6-9(3)5-7;1-7-3-5-8(2)6-4-7;1-7-5-3-2-4-6-7/h4-15H,1-3H3;2-15H,1H3;2-10H,1H3;2*2-8H,1H3;5-8H,1-4H3;4-6H,1-3H3;3-6H,1-2H3;2-6H,1H3. The summed E-state index contributed by atoms with van der Waals surface area (Å²) in [4.78, 5) is 4.55. The lowest BCUT2D eigenvalue weighted by Gasteiger charge is -2.25. The molecule has 2 heteroatoms. The largest absolute Gasteiger partial charge is 0.311 e. The van der Waals surface area contributed by atoms with E-state index >= 15 is 0 Å². The third-order valence-electron chi connectivity index (χ3n) is 20.2. The van der Waals surface area contributed by atoms with Crippen LogP contribution in [0.4, 0.5) is 34.1 Å². The molecule has 0 N–H and O–H groups in total. The van der Waals surface area contributed by atoms with Crippen LogP contribution in [0.25, 0.3) is 53.9 Å². The Morgan fingerprint density at radius 1 is 0.164 bits per heavy atom. The normalized spacial score (nSPS) is 10.5. The second-order valence-electron chi connectivity index (χ2n) is 31.7. The molecule has 2 nitrogen and oxygen atoms in total. The Kier molecular flexibility index (Phi) is 31.2. The molecule has 0 bridgehead atoms. The van der Waals surface area contributed by atoms with Crippen LogP contribution in [0.3, 0.4) is 0 Å². The van der Waals surface area contributed by atoms with Gasteiger partial charge in [-0.2, -0.15) is 0 Å². The van der Waals surface area contributed by atoms with E-state index in [1.54, 1.807) is 0 Å². The molecule has 18 aromatic rings. The molecule has 0 aliphatic carbocycles. The van der Waals surface area contributed by atoms with Crippen LogP contribution >= 0.6 is 0 Å². The number of hydrogen-bond donors (Lipinski definition) is 0. The highest BCUT2D eigenvalue weighted by Crippen LogP contribution is 2.38. The average Bonchev–Trinajstić information content (AvgIpc) is 0.742. The Balaban J connectivity index is 0.000000141. The molecule has 0 aliphatic heterocycles. The smallest absolute Gasteiger partial charge is 0.0461 e. The van der Waals surface area contributed by atoms with Gasteiger partial charge in [0.2, 0.25) is 0 Å². The summed E-state index contributed by atoms with van der Waals surface area (Å²) >= 11 is 0. The van der Waals surface area contributed by atoms with Gasteiger partial charge in [-0.05, 0) is 246 Å². The van der Waals surface area contributed by atoms with Crippen molar-refractivity contribution in [2.75, 3.05) is 9.80 Å². The molecule has 116 heavy (non-hydrogen) atoms. The lowest BCUT2D eigenvalue weighted by atomic mass is 9.87. The van der Waals surface area contributed by atoms with Gasteiger partial charge >= 0.3 is 0 Å². The quantitative estimate of drug-likeness (QED) is 0.153. The average molecular weight is 1510 g/mol. The van der Waals surface area contributed by atoms with Crippen molar-refractivity contribution in [1.29, 1.82) is 0 Å². The predicted molar refractivity (Wildman–Crippen MR) is 511 cm³/mol. The molecule has 0 aromatic heterocycles. The fraction of sp³-hybridized carbons (Fsp3) is 0.158. The van der Waals surface area contributed by atoms with Gasteiger partial charge in [0.15, 0.2) is 0 Å². The van der Waals surface area contributed by atoms with Crippen molar-refractivity contribution in [3.63, 3.8) is 0 Å². The molecule has 0 spiro atoms. The molecule has 0 atom stereocenters. The summed E-state index contributed by atoms with van der Waals surface area (Å²) in [5, 5.41) is 13.5. The Morgan fingerprint density at radius 3 is 0.784 bits per heavy atom. The Hall–Kier alpha value is -12.9. The minimum atomic E-state index is 0.285. The van der Waals surface area contributed by atoms with E-state index in [2.05, 4.69) is 491 Å². The number of rotatable bonds is 6. The number of nitrogens with zero attached hydrogens (tertiary/aromatic N) is 2. The van der Waals surface area contributed by atoms with Crippen LogP contribution in [0.15, 0.2) is 394 Å². The first-order valence-corrected chi connectivity index (χ1v) is 40.6. The summed E-state index contributed by atoms with van der Waals surface area (Å²) in [6.45, 7) is 36.4. The molecule has 0 amide bonds. The first kappa shape index (κ1) is 85.5. The van der Waals surface area contributed by atoms with Crippen molar-refractivity contribution in [3.8, 4) is 0 Å². The fourth-order valence-corrected chi connectivity index (χ4v) is 13.9. The van der Waals surface area contributed by atoms with E-state index in [-0.39, 0.29) is 5.41 Å². The Morgan fingerprint density at radius 2 is 0.414 bits per heavy atom. The van der Waals surface area contributed by atoms with Crippen molar-refractivity contribution >= 4 is 88.0 Å². The second kappa shape index (κ2) is 42.3. The van der Waals surface area contributed by atoms with E-state index in [1.807, 2.05) is 30.3 Å². The van der Waals surface area contributed by atoms with Gasteiger partial charge in [0.25, 0.3) is 0 Å². The van der Waals surface area contributed by atoms with Gasteiger partial charge in [-0.1, -0.05) is 409 Å². The van der Waals surface area contributed by atoms with E-state index in [9.17, 15) is 0 Å². The first-order valence-electron chi connectivity index (χ1n) is 40.6. The third-order valence-corrected chi connectivity index (χ3v) is 20.2. The zero-order valence-corrected chi connectivity index (χ0v) is 71.4. The number of benzene rings is 18. The molecular formula is C114H116N2. The van der Waals surface area contributed by atoms with E-state index in [4.69, 9.17) is 0 Å². The van der Waals surface area contributed by atoms with Crippen molar-refractivity contribution < 1.29 is 0 Å². The maximum absolute atomic E-state index is 2.29. The van der Waals surface area contributed by atoms with Gasteiger partial charge in [0.1, 0.15) is 0 Å². The van der Waals surface area contributed by atoms with Crippen LogP contribution in [0.5, 0.6) is 0 Å². The zero-order valence-electron chi connectivity index (χ0n) is 71.4. The predicted octanol–water partition coefficient (Wildman–Crippen LogP) is 32.9. The maximum Gasteiger partial charge on any atom is 0.0461 e. The maximum atomic E-state index is 2.29. The molecular weight excluding hydrogens is 1400 g/mol. The lowest BCUT2D eigenvalue weighted by molar-refractivity contribution is 0.590. The number of hydrogen-bond acceptors (Lipinski definition) is 2. The molecule has 18 rings (SSSR count). The molecule has 18 aromatic carbocycles. The highest BCUT2D eigenvalue weighted by molar-refractivity contribution is 6.23. The summed E-state index contributed by atoms with van der Waals surface area (Å²) in [7, 11) is 0. The van der Waals surface area contributed by atoms with Crippen LogP contribution in [0, 0.1) is 96.9 Å². The lowest BCUT2D eigenvalue weighted by Crippen LogP contribution is -2.10. The van der Waals surface area contributed by atoms with Crippen molar-refractivity contribution in [3.05, 3.63) is 478 Å². The highest BCUT2D eigenvalue weighted by Gasteiger charge is 2.15. The van der Waals surface area contributed by atoms with E-state index in [0.717, 1.165) is 0 Å². The highest BCUT2D eigenvalue weighted by atomic mass is 15.1. The minimum absolute atomic E-state index is 0.285. The van der Waals surface area contributed by atoms with Crippen molar-refractivity contribution in [2.45, 2.75) is 123 Å². The molecule has 0 heterocycles. The molecule has 0 radical (unpaired) electrons. The van der Waals surface area contributed by atoms with Crippen molar-refractivity contribution in [1.82, 2.24) is 0 Å². The van der Waals surface area contributed by atoms with Crippen LogP contribution in [-0.4, -0.2) is 0 Å². The number of anilines is 6.